The molecule has 0 saturated carbocycles. The van der Waals surface area contributed by atoms with Gasteiger partial charge >= 0.3 is 0 Å². The SMILES string of the molecule is CC(C)(C)CCCOCCN1CCOC(CNCS)C1. The summed E-state index contributed by atoms with van der Waals surface area (Å²) in [6.07, 6.45) is 2.67. The van der Waals surface area contributed by atoms with Crippen LogP contribution in [0.4, 0.5) is 0 Å². The molecule has 1 heterocycles. The van der Waals surface area contributed by atoms with Gasteiger partial charge in [0.25, 0.3) is 0 Å². The summed E-state index contributed by atoms with van der Waals surface area (Å²) < 4.78 is 11.5. The van der Waals surface area contributed by atoms with E-state index in [0.717, 1.165) is 52.4 Å². The Morgan fingerprint density at radius 3 is 2.85 bits per heavy atom. The molecule has 1 fully saturated rings. The average Bonchev–Trinajstić information content (AvgIpc) is 2.40. The fraction of sp³-hybridized carbons (Fsp3) is 1.00. The van der Waals surface area contributed by atoms with Crippen molar-refractivity contribution in [3.63, 3.8) is 0 Å². The quantitative estimate of drug-likeness (QED) is 0.388. The van der Waals surface area contributed by atoms with Gasteiger partial charge < -0.3 is 14.8 Å². The van der Waals surface area contributed by atoms with Crippen LogP contribution in [0.5, 0.6) is 0 Å². The van der Waals surface area contributed by atoms with Crippen LogP contribution in [-0.2, 0) is 9.47 Å². The zero-order valence-electron chi connectivity index (χ0n) is 13.4. The summed E-state index contributed by atoms with van der Waals surface area (Å²) in [4.78, 5) is 2.43. The van der Waals surface area contributed by atoms with E-state index in [1.165, 1.54) is 6.42 Å². The Morgan fingerprint density at radius 1 is 1.35 bits per heavy atom. The van der Waals surface area contributed by atoms with Gasteiger partial charge in [-0.3, -0.25) is 4.90 Å². The fourth-order valence-electron chi connectivity index (χ4n) is 2.33. The molecule has 1 unspecified atom stereocenters. The van der Waals surface area contributed by atoms with Crippen LogP contribution in [0.15, 0.2) is 0 Å². The molecule has 1 aliphatic heterocycles. The second kappa shape index (κ2) is 10.0. The van der Waals surface area contributed by atoms with E-state index in [-0.39, 0.29) is 6.10 Å². The van der Waals surface area contributed by atoms with Crippen LogP contribution in [0.25, 0.3) is 0 Å². The van der Waals surface area contributed by atoms with Gasteiger partial charge in [-0.2, -0.15) is 12.6 Å². The minimum absolute atomic E-state index is 0.289. The van der Waals surface area contributed by atoms with E-state index >= 15 is 0 Å². The van der Waals surface area contributed by atoms with Gasteiger partial charge in [0.15, 0.2) is 0 Å². The van der Waals surface area contributed by atoms with Crippen LogP contribution in [0.1, 0.15) is 33.6 Å². The molecule has 0 radical (unpaired) electrons. The topological polar surface area (TPSA) is 33.7 Å². The minimum atomic E-state index is 0.289. The number of thiol groups is 1. The summed E-state index contributed by atoms with van der Waals surface area (Å²) in [5.74, 6) is 0.705. The van der Waals surface area contributed by atoms with Crippen molar-refractivity contribution in [2.75, 3.05) is 51.9 Å². The van der Waals surface area contributed by atoms with Gasteiger partial charge in [0.05, 0.1) is 19.3 Å². The predicted molar refractivity (Wildman–Crippen MR) is 87.5 cm³/mol. The van der Waals surface area contributed by atoms with Crippen molar-refractivity contribution >= 4 is 12.6 Å². The molecule has 0 aromatic heterocycles. The van der Waals surface area contributed by atoms with E-state index < -0.39 is 0 Å². The molecule has 1 rings (SSSR count). The van der Waals surface area contributed by atoms with Gasteiger partial charge in [-0.1, -0.05) is 20.8 Å². The largest absolute Gasteiger partial charge is 0.380 e. The van der Waals surface area contributed by atoms with Crippen molar-refractivity contribution in [3.8, 4) is 0 Å². The van der Waals surface area contributed by atoms with E-state index in [1.807, 2.05) is 0 Å². The molecule has 5 heteroatoms. The highest BCUT2D eigenvalue weighted by atomic mass is 32.1. The fourth-order valence-corrected chi connectivity index (χ4v) is 2.46. The van der Waals surface area contributed by atoms with E-state index in [1.54, 1.807) is 0 Å². The molecule has 1 aliphatic rings. The molecule has 120 valence electrons. The number of nitrogens with zero attached hydrogens (tertiary/aromatic N) is 1. The highest BCUT2D eigenvalue weighted by Crippen LogP contribution is 2.20. The van der Waals surface area contributed by atoms with Gasteiger partial charge in [0.1, 0.15) is 0 Å². The third kappa shape index (κ3) is 9.19. The Hall–Kier alpha value is 0.190. The van der Waals surface area contributed by atoms with Crippen LogP contribution in [0, 0.1) is 5.41 Å². The van der Waals surface area contributed by atoms with Crippen LogP contribution < -0.4 is 5.32 Å². The lowest BCUT2D eigenvalue weighted by atomic mass is 9.91. The molecule has 1 N–H and O–H groups in total. The molecule has 0 bridgehead atoms. The first-order valence-electron chi connectivity index (χ1n) is 7.74. The van der Waals surface area contributed by atoms with Crippen molar-refractivity contribution in [1.82, 2.24) is 10.2 Å². The predicted octanol–water partition coefficient (Wildman–Crippen LogP) is 2.01. The molecular weight excluding hydrogens is 272 g/mol. The number of ether oxygens (including phenoxy) is 2. The van der Waals surface area contributed by atoms with Crippen LogP contribution in [0.2, 0.25) is 0 Å². The third-order valence-electron chi connectivity index (χ3n) is 3.47. The standard InChI is InChI=1S/C15H32N2O2S/c1-15(2,3)5-4-8-18-9-6-17-7-10-19-14(12-17)11-16-13-20/h14,16,20H,4-13H2,1-3H3. The Morgan fingerprint density at radius 2 is 2.15 bits per heavy atom. The second-order valence-corrected chi connectivity index (χ2v) is 7.00. The van der Waals surface area contributed by atoms with E-state index in [4.69, 9.17) is 9.47 Å². The molecule has 0 aliphatic carbocycles. The number of morpholine rings is 1. The second-order valence-electron chi connectivity index (χ2n) is 6.68. The van der Waals surface area contributed by atoms with Crippen molar-refractivity contribution < 1.29 is 9.47 Å². The van der Waals surface area contributed by atoms with Gasteiger partial charge in [-0.25, -0.2) is 0 Å². The zero-order valence-corrected chi connectivity index (χ0v) is 14.3. The maximum Gasteiger partial charge on any atom is 0.0827 e. The molecule has 4 nitrogen and oxygen atoms in total. The first-order valence-corrected chi connectivity index (χ1v) is 8.38. The normalized spacial score (nSPS) is 21.3. The Labute approximate surface area is 130 Å². The Balaban J connectivity index is 2.01. The summed E-state index contributed by atoms with van der Waals surface area (Å²) >= 11 is 4.15. The number of hydrogen-bond acceptors (Lipinski definition) is 5. The maximum atomic E-state index is 5.74. The van der Waals surface area contributed by atoms with E-state index in [0.29, 0.717) is 11.3 Å². The molecule has 0 spiro atoms. The van der Waals surface area contributed by atoms with Crippen LogP contribution in [-0.4, -0.2) is 62.9 Å². The monoisotopic (exact) mass is 304 g/mol. The average molecular weight is 304 g/mol. The summed E-state index contributed by atoms with van der Waals surface area (Å²) in [6, 6.07) is 0. The highest BCUT2D eigenvalue weighted by molar-refractivity contribution is 7.80. The summed E-state index contributed by atoms with van der Waals surface area (Å²) in [6.45, 7) is 13.3. The molecule has 20 heavy (non-hydrogen) atoms. The van der Waals surface area contributed by atoms with Gasteiger partial charge in [-0.15, -0.1) is 0 Å². The molecule has 1 saturated heterocycles. The molecular formula is C15H32N2O2S. The highest BCUT2D eigenvalue weighted by Gasteiger charge is 2.19. The lowest BCUT2D eigenvalue weighted by molar-refractivity contribution is -0.0345. The molecule has 0 aromatic rings. The molecule has 1 atom stereocenters. The third-order valence-corrected chi connectivity index (χ3v) is 3.70. The number of rotatable bonds is 9. The van der Waals surface area contributed by atoms with Gasteiger partial charge in [0.2, 0.25) is 0 Å². The lowest BCUT2D eigenvalue weighted by Crippen LogP contribution is -2.47. The van der Waals surface area contributed by atoms with Crippen molar-refractivity contribution in [2.45, 2.75) is 39.7 Å². The zero-order chi connectivity index (χ0) is 14.8. The first kappa shape index (κ1) is 18.2. The maximum absolute atomic E-state index is 5.74. The summed E-state index contributed by atoms with van der Waals surface area (Å²) in [7, 11) is 0. The first-order chi connectivity index (χ1) is 9.51. The van der Waals surface area contributed by atoms with Crippen LogP contribution >= 0.6 is 12.6 Å². The minimum Gasteiger partial charge on any atom is -0.380 e. The number of hydrogen-bond donors (Lipinski definition) is 2. The van der Waals surface area contributed by atoms with Crippen LogP contribution in [0.3, 0.4) is 0 Å². The molecule has 0 aromatic carbocycles. The Bertz CT molecular complexity index is 247. The Kier molecular flexibility index (Phi) is 9.13. The summed E-state index contributed by atoms with van der Waals surface area (Å²) in [5.41, 5.74) is 0.417. The van der Waals surface area contributed by atoms with Crippen molar-refractivity contribution in [2.24, 2.45) is 5.41 Å². The number of nitrogens with one attached hydrogen (secondary N) is 1. The van der Waals surface area contributed by atoms with Crippen molar-refractivity contribution in [3.05, 3.63) is 0 Å². The van der Waals surface area contributed by atoms with Gasteiger partial charge in [0, 0.05) is 38.7 Å². The van der Waals surface area contributed by atoms with E-state index in [2.05, 4.69) is 43.6 Å². The van der Waals surface area contributed by atoms with E-state index in [9.17, 15) is 0 Å². The van der Waals surface area contributed by atoms with Crippen molar-refractivity contribution in [1.29, 1.82) is 0 Å². The van der Waals surface area contributed by atoms with Gasteiger partial charge in [-0.05, 0) is 18.3 Å². The molecule has 0 amide bonds. The lowest BCUT2D eigenvalue weighted by Gasteiger charge is -2.32. The summed E-state index contributed by atoms with van der Waals surface area (Å²) in [5, 5.41) is 3.22. The smallest absolute Gasteiger partial charge is 0.0827 e.